The fourth-order valence-corrected chi connectivity index (χ4v) is 1.60. The van der Waals surface area contributed by atoms with Crippen LogP contribution in [0.25, 0.3) is 0 Å². The van der Waals surface area contributed by atoms with Crippen LogP contribution in [0.15, 0.2) is 18.6 Å². The average Bonchev–Trinajstić information content (AvgIpc) is 2.96. The number of anilines is 1. The fraction of sp³-hybridized carbons (Fsp3) is 0.364. The second kappa shape index (κ2) is 6.50. The van der Waals surface area contributed by atoms with Gasteiger partial charge in [0.25, 0.3) is 0 Å². The van der Waals surface area contributed by atoms with Gasteiger partial charge in [-0.1, -0.05) is 0 Å². The van der Waals surface area contributed by atoms with Crippen molar-refractivity contribution in [1.29, 1.82) is 0 Å². The van der Waals surface area contributed by atoms with Gasteiger partial charge in [0.15, 0.2) is 0 Å². The van der Waals surface area contributed by atoms with E-state index in [-0.39, 0.29) is 11.7 Å². The summed E-state index contributed by atoms with van der Waals surface area (Å²) in [6.07, 6.45) is 4.11. The molecule has 0 radical (unpaired) electrons. The van der Waals surface area contributed by atoms with Gasteiger partial charge in [-0.25, -0.2) is 4.98 Å². The number of rotatable bonds is 7. The zero-order valence-electron chi connectivity index (χ0n) is 11.5. The lowest BCUT2D eigenvalue weighted by molar-refractivity contribution is -0.385. The minimum absolute atomic E-state index is 0.0413. The molecule has 10 heteroatoms. The van der Waals surface area contributed by atoms with Crippen molar-refractivity contribution < 1.29 is 14.4 Å². The molecule has 1 N–H and O–H groups in total. The highest BCUT2D eigenvalue weighted by atomic mass is 16.6. The minimum Gasteiger partial charge on any atom is -0.479 e. The Bertz CT molecular complexity index is 629. The van der Waals surface area contributed by atoms with Gasteiger partial charge in [0, 0.05) is 6.54 Å². The maximum atomic E-state index is 10.5. The Morgan fingerprint density at radius 2 is 2.19 bits per heavy atom. The number of nitrogens with one attached hydrogen (secondary N) is 1. The third kappa shape index (κ3) is 3.55. The average molecular weight is 294 g/mol. The Morgan fingerprint density at radius 3 is 2.81 bits per heavy atom. The molecule has 10 nitrogen and oxygen atoms in total. The molecule has 0 aliphatic rings. The molecule has 2 aromatic heterocycles. The summed E-state index contributed by atoms with van der Waals surface area (Å²) in [4.78, 5) is 18.1. The second-order valence-corrected chi connectivity index (χ2v) is 3.93. The zero-order valence-corrected chi connectivity index (χ0v) is 11.5. The van der Waals surface area contributed by atoms with Crippen LogP contribution in [0.5, 0.6) is 11.9 Å². The lowest BCUT2D eigenvalue weighted by atomic mass is 10.4. The topological polar surface area (TPSA) is 117 Å². The SMILES string of the molecule is COc1ncc(NCCn2cc([N+](=O)[O-])cn2)c(OC)n1. The molecule has 0 aromatic carbocycles. The van der Waals surface area contributed by atoms with Gasteiger partial charge in [-0.3, -0.25) is 14.8 Å². The van der Waals surface area contributed by atoms with Crippen LogP contribution in [0, 0.1) is 10.1 Å². The Hall–Kier alpha value is -2.91. The predicted molar refractivity (Wildman–Crippen MR) is 72.5 cm³/mol. The molecule has 2 heterocycles. The first kappa shape index (κ1) is 14.5. The number of hydrogen-bond acceptors (Lipinski definition) is 8. The zero-order chi connectivity index (χ0) is 15.2. The summed E-state index contributed by atoms with van der Waals surface area (Å²) in [7, 11) is 2.95. The highest BCUT2D eigenvalue weighted by molar-refractivity contribution is 5.51. The van der Waals surface area contributed by atoms with E-state index in [4.69, 9.17) is 9.47 Å². The Morgan fingerprint density at radius 1 is 1.38 bits per heavy atom. The number of aromatic nitrogens is 4. The van der Waals surface area contributed by atoms with Crippen LogP contribution in [-0.2, 0) is 6.54 Å². The van der Waals surface area contributed by atoms with Crippen LogP contribution < -0.4 is 14.8 Å². The van der Waals surface area contributed by atoms with Crippen LogP contribution in [0.3, 0.4) is 0 Å². The van der Waals surface area contributed by atoms with E-state index in [1.807, 2.05) is 0 Å². The van der Waals surface area contributed by atoms with Crippen LogP contribution >= 0.6 is 0 Å². The van der Waals surface area contributed by atoms with E-state index in [1.54, 1.807) is 0 Å². The van der Waals surface area contributed by atoms with Crippen molar-refractivity contribution >= 4 is 11.4 Å². The summed E-state index contributed by atoms with van der Waals surface area (Å²) in [6.45, 7) is 0.925. The van der Waals surface area contributed by atoms with Crippen molar-refractivity contribution in [2.24, 2.45) is 0 Å². The van der Waals surface area contributed by atoms with Crippen LogP contribution in [0.2, 0.25) is 0 Å². The largest absolute Gasteiger partial charge is 0.479 e. The van der Waals surface area contributed by atoms with E-state index in [0.717, 1.165) is 0 Å². The van der Waals surface area contributed by atoms with E-state index in [9.17, 15) is 10.1 Å². The molecule has 0 saturated carbocycles. The van der Waals surface area contributed by atoms with Crippen LogP contribution in [-0.4, -0.2) is 45.4 Å². The predicted octanol–water partition coefficient (Wildman–Crippen LogP) is 0.711. The van der Waals surface area contributed by atoms with Gasteiger partial charge < -0.3 is 14.8 Å². The van der Waals surface area contributed by atoms with Gasteiger partial charge in [0.2, 0.25) is 5.88 Å². The molecule has 0 fully saturated rings. The lowest BCUT2D eigenvalue weighted by Crippen LogP contribution is -2.12. The Kier molecular flexibility index (Phi) is 4.49. The molecule has 0 spiro atoms. The van der Waals surface area contributed by atoms with Crippen molar-refractivity contribution in [2.45, 2.75) is 6.54 Å². The summed E-state index contributed by atoms with van der Waals surface area (Å²) in [5, 5.41) is 17.5. The van der Waals surface area contributed by atoms with Crippen molar-refractivity contribution in [3.05, 3.63) is 28.7 Å². The maximum Gasteiger partial charge on any atom is 0.319 e. The third-order valence-electron chi connectivity index (χ3n) is 2.59. The van der Waals surface area contributed by atoms with Gasteiger partial charge >= 0.3 is 11.7 Å². The van der Waals surface area contributed by atoms with E-state index < -0.39 is 4.92 Å². The minimum atomic E-state index is -0.489. The summed E-state index contributed by atoms with van der Waals surface area (Å²) in [5.41, 5.74) is 0.556. The van der Waals surface area contributed by atoms with Crippen molar-refractivity contribution in [2.75, 3.05) is 26.1 Å². The third-order valence-corrected chi connectivity index (χ3v) is 2.59. The second-order valence-electron chi connectivity index (χ2n) is 3.93. The van der Waals surface area contributed by atoms with E-state index in [1.165, 1.54) is 37.5 Å². The molecule has 0 unspecified atom stereocenters. The fourth-order valence-electron chi connectivity index (χ4n) is 1.60. The Labute approximate surface area is 119 Å². The maximum absolute atomic E-state index is 10.5. The molecule has 2 rings (SSSR count). The quantitative estimate of drug-likeness (QED) is 0.586. The van der Waals surface area contributed by atoms with Crippen molar-refractivity contribution in [3.8, 4) is 11.9 Å². The van der Waals surface area contributed by atoms with Gasteiger partial charge in [-0.15, -0.1) is 0 Å². The van der Waals surface area contributed by atoms with Gasteiger partial charge in [-0.05, 0) is 0 Å². The van der Waals surface area contributed by atoms with E-state index in [0.29, 0.717) is 24.7 Å². The highest BCUT2D eigenvalue weighted by Crippen LogP contribution is 2.22. The molecule has 0 aliphatic carbocycles. The first-order valence-corrected chi connectivity index (χ1v) is 5.99. The standard InChI is InChI=1S/C11H14N6O4/c1-20-10-9(6-13-11(15-10)21-2)12-3-4-16-7-8(5-14-16)17(18)19/h5-7,12H,3-4H2,1-2H3. The van der Waals surface area contributed by atoms with Gasteiger partial charge in [0.05, 0.1) is 31.9 Å². The molecular weight excluding hydrogens is 280 g/mol. The number of hydrogen-bond donors (Lipinski definition) is 1. The van der Waals surface area contributed by atoms with Crippen molar-refractivity contribution in [3.63, 3.8) is 0 Å². The first-order chi connectivity index (χ1) is 10.1. The smallest absolute Gasteiger partial charge is 0.319 e. The number of nitrogens with zero attached hydrogens (tertiary/aromatic N) is 5. The molecule has 0 saturated heterocycles. The number of methoxy groups -OCH3 is 2. The molecule has 21 heavy (non-hydrogen) atoms. The monoisotopic (exact) mass is 294 g/mol. The molecular formula is C11H14N6O4. The van der Waals surface area contributed by atoms with Crippen LogP contribution in [0.4, 0.5) is 11.4 Å². The highest BCUT2D eigenvalue weighted by Gasteiger charge is 2.10. The summed E-state index contributed by atoms with van der Waals surface area (Å²) >= 11 is 0. The first-order valence-electron chi connectivity index (χ1n) is 5.99. The number of ether oxygens (including phenoxy) is 2. The normalized spacial score (nSPS) is 10.2. The van der Waals surface area contributed by atoms with E-state index >= 15 is 0 Å². The summed E-state index contributed by atoms with van der Waals surface area (Å²) in [6, 6.07) is 0.208. The molecule has 0 bridgehead atoms. The lowest BCUT2D eigenvalue weighted by Gasteiger charge is -2.10. The van der Waals surface area contributed by atoms with Gasteiger partial charge in [0.1, 0.15) is 18.1 Å². The molecule has 112 valence electrons. The molecule has 0 atom stereocenters. The van der Waals surface area contributed by atoms with Gasteiger partial charge in [-0.2, -0.15) is 10.1 Å². The Balaban J connectivity index is 1.94. The van der Waals surface area contributed by atoms with Crippen molar-refractivity contribution in [1.82, 2.24) is 19.7 Å². The molecule has 2 aromatic rings. The summed E-state index contributed by atoms with van der Waals surface area (Å²) in [5.74, 6) is 0.355. The van der Waals surface area contributed by atoms with E-state index in [2.05, 4.69) is 20.4 Å². The summed E-state index contributed by atoms with van der Waals surface area (Å²) < 4.78 is 11.5. The molecule has 0 aliphatic heterocycles. The molecule has 0 amide bonds. The van der Waals surface area contributed by atoms with Crippen LogP contribution in [0.1, 0.15) is 0 Å². The number of nitro groups is 1.